The summed E-state index contributed by atoms with van der Waals surface area (Å²) in [5.74, 6) is 0.0166. The number of nitrogens with zero attached hydrogens (tertiary/aromatic N) is 1. The number of ether oxygens (including phenoxy) is 2. The largest absolute Gasteiger partial charge is 0.495 e. The molecule has 0 aliphatic rings. The van der Waals surface area contributed by atoms with Crippen molar-refractivity contribution in [2.24, 2.45) is 0 Å². The van der Waals surface area contributed by atoms with Crippen LogP contribution in [-0.2, 0) is 14.8 Å². The number of carbonyl (C=O) groups excluding carboxylic acids is 1. The van der Waals surface area contributed by atoms with E-state index in [4.69, 9.17) is 32.7 Å². The smallest absolute Gasteiger partial charge is 0.264 e. The summed E-state index contributed by atoms with van der Waals surface area (Å²) in [5, 5.41) is 3.29. The van der Waals surface area contributed by atoms with E-state index in [1.54, 1.807) is 36.4 Å². The number of amides is 1. The van der Waals surface area contributed by atoms with Crippen LogP contribution in [0.15, 0.2) is 71.6 Å². The Morgan fingerprint density at radius 1 is 0.938 bits per heavy atom. The van der Waals surface area contributed by atoms with Crippen LogP contribution in [0.1, 0.15) is 0 Å². The van der Waals surface area contributed by atoms with Crippen molar-refractivity contribution < 1.29 is 22.7 Å². The molecular weight excluding hydrogens is 475 g/mol. The summed E-state index contributed by atoms with van der Waals surface area (Å²) in [4.78, 5) is 13.0. The molecule has 7 nitrogen and oxygen atoms in total. The topological polar surface area (TPSA) is 84.9 Å². The molecule has 10 heteroatoms. The Morgan fingerprint density at radius 2 is 1.62 bits per heavy atom. The van der Waals surface area contributed by atoms with Gasteiger partial charge in [-0.15, -0.1) is 0 Å². The quantitative estimate of drug-likeness (QED) is 0.483. The number of hydrogen-bond donors (Lipinski definition) is 1. The molecule has 0 saturated heterocycles. The van der Waals surface area contributed by atoms with Crippen LogP contribution in [0.2, 0.25) is 10.0 Å². The average Bonchev–Trinajstić information content (AvgIpc) is 2.78. The molecule has 0 aromatic heterocycles. The van der Waals surface area contributed by atoms with Gasteiger partial charge in [0.15, 0.2) is 0 Å². The fourth-order valence-electron chi connectivity index (χ4n) is 2.94. The Bertz CT molecular complexity index is 1220. The first-order valence-corrected chi connectivity index (χ1v) is 11.5. The van der Waals surface area contributed by atoms with Crippen LogP contribution in [0, 0.1) is 0 Å². The van der Waals surface area contributed by atoms with Gasteiger partial charge in [0.25, 0.3) is 10.0 Å². The number of methoxy groups -OCH3 is 2. The van der Waals surface area contributed by atoms with Gasteiger partial charge in [0.1, 0.15) is 18.0 Å². The lowest BCUT2D eigenvalue weighted by Crippen LogP contribution is -2.38. The molecule has 0 radical (unpaired) electrons. The molecule has 3 aromatic rings. The average molecular weight is 495 g/mol. The van der Waals surface area contributed by atoms with Crippen molar-refractivity contribution in [2.45, 2.75) is 4.90 Å². The second kappa shape index (κ2) is 10.1. The number of halogens is 2. The van der Waals surface area contributed by atoms with Gasteiger partial charge in [-0.2, -0.15) is 0 Å². The van der Waals surface area contributed by atoms with Crippen LogP contribution in [0.5, 0.6) is 11.5 Å². The first-order valence-electron chi connectivity index (χ1n) is 9.31. The minimum atomic E-state index is -4.06. The molecule has 1 N–H and O–H groups in total. The summed E-state index contributed by atoms with van der Waals surface area (Å²) in [5.41, 5.74) is 0.527. The van der Waals surface area contributed by atoms with E-state index in [1.807, 2.05) is 0 Å². The number of anilines is 2. The van der Waals surface area contributed by atoms with Crippen LogP contribution < -0.4 is 19.1 Å². The maximum atomic E-state index is 13.3. The predicted molar refractivity (Wildman–Crippen MR) is 126 cm³/mol. The fourth-order valence-corrected chi connectivity index (χ4v) is 4.79. The van der Waals surface area contributed by atoms with Gasteiger partial charge in [0, 0.05) is 17.2 Å². The van der Waals surface area contributed by atoms with Crippen molar-refractivity contribution in [2.75, 3.05) is 30.4 Å². The molecule has 1 amide bonds. The summed E-state index contributed by atoms with van der Waals surface area (Å²) >= 11 is 12.2. The summed E-state index contributed by atoms with van der Waals surface area (Å²) in [6.45, 7) is -0.508. The lowest BCUT2D eigenvalue weighted by atomic mass is 10.2. The van der Waals surface area contributed by atoms with Gasteiger partial charge in [-0.1, -0.05) is 47.5 Å². The van der Waals surface area contributed by atoms with Crippen LogP contribution >= 0.6 is 23.2 Å². The Hall–Kier alpha value is -2.94. The highest BCUT2D eigenvalue weighted by molar-refractivity contribution is 7.92. The first-order chi connectivity index (χ1) is 15.3. The van der Waals surface area contributed by atoms with E-state index >= 15 is 0 Å². The SMILES string of the molecule is COc1cc(NC(=O)CN(c2cccc(Cl)c2)S(=O)(=O)c2ccccc2)c(OC)cc1Cl. The van der Waals surface area contributed by atoms with Gasteiger partial charge in [-0.25, -0.2) is 8.42 Å². The van der Waals surface area contributed by atoms with E-state index in [9.17, 15) is 13.2 Å². The predicted octanol–water partition coefficient (Wildman–Crippen LogP) is 4.84. The summed E-state index contributed by atoms with van der Waals surface area (Å²) in [6.07, 6.45) is 0. The summed E-state index contributed by atoms with van der Waals surface area (Å²) < 4.78 is 38.1. The molecule has 32 heavy (non-hydrogen) atoms. The second-order valence-corrected chi connectivity index (χ2v) is 9.25. The summed E-state index contributed by atoms with van der Waals surface area (Å²) in [6, 6.07) is 17.1. The van der Waals surface area contributed by atoms with E-state index < -0.39 is 22.5 Å². The first kappa shape index (κ1) is 23.7. The van der Waals surface area contributed by atoms with Gasteiger partial charge in [-0.3, -0.25) is 9.10 Å². The highest BCUT2D eigenvalue weighted by Crippen LogP contribution is 2.36. The minimum Gasteiger partial charge on any atom is -0.495 e. The van der Waals surface area contributed by atoms with Gasteiger partial charge in [0.05, 0.1) is 35.5 Å². The van der Waals surface area contributed by atoms with Crippen molar-refractivity contribution in [1.82, 2.24) is 0 Å². The molecule has 0 unspecified atom stereocenters. The molecule has 3 aromatic carbocycles. The standard InChI is InChI=1S/C22H20Cl2N2O5S/c1-30-20-13-19(21(31-2)12-18(20)24)25-22(27)14-26(16-8-6-7-15(23)11-16)32(28,29)17-9-4-3-5-10-17/h3-13H,14H2,1-2H3,(H,25,27). The molecule has 0 bridgehead atoms. The van der Waals surface area contributed by atoms with Crippen LogP contribution in [0.25, 0.3) is 0 Å². The number of carbonyl (C=O) groups is 1. The number of benzene rings is 3. The van der Waals surface area contributed by atoms with E-state index in [-0.39, 0.29) is 16.3 Å². The molecule has 0 aliphatic heterocycles. The maximum absolute atomic E-state index is 13.3. The Morgan fingerprint density at radius 3 is 2.25 bits per heavy atom. The van der Waals surface area contributed by atoms with Crippen molar-refractivity contribution in [3.8, 4) is 11.5 Å². The van der Waals surface area contributed by atoms with E-state index in [2.05, 4.69) is 5.32 Å². The van der Waals surface area contributed by atoms with Crippen molar-refractivity contribution >= 4 is 50.5 Å². The minimum absolute atomic E-state index is 0.0403. The van der Waals surface area contributed by atoms with Crippen LogP contribution in [-0.4, -0.2) is 35.1 Å². The molecule has 3 rings (SSSR count). The van der Waals surface area contributed by atoms with E-state index in [0.29, 0.717) is 21.5 Å². The van der Waals surface area contributed by atoms with E-state index in [0.717, 1.165) is 4.31 Å². The maximum Gasteiger partial charge on any atom is 0.264 e. The Kier molecular flexibility index (Phi) is 7.50. The van der Waals surface area contributed by atoms with Crippen molar-refractivity contribution in [3.63, 3.8) is 0 Å². The fraction of sp³-hybridized carbons (Fsp3) is 0.136. The third kappa shape index (κ3) is 5.27. The Balaban J connectivity index is 1.97. The van der Waals surface area contributed by atoms with Gasteiger partial charge >= 0.3 is 0 Å². The Labute approximate surface area is 196 Å². The highest BCUT2D eigenvalue weighted by atomic mass is 35.5. The zero-order chi connectivity index (χ0) is 23.3. The van der Waals surface area contributed by atoms with Crippen molar-refractivity contribution in [3.05, 3.63) is 76.8 Å². The number of nitrogens with one attached hydrogen (secondary N) is 1. The lowest BCUT2D eigenvalue weighted by Gasteiger charge is -2.24. The summed E-state index contributed by atoms with van der Waals surface area (Å²) in [7, 11) is -1.20. The third-order valence-electron chi connectivity index (χ3n) is 4.46. The third-order valence-corrected chi connectivity index (χ3v) is 6.78. The van der Waals surface area contributed by atoms with Gasteiger partial charge in [0.2, 0.25) is 5.91 Å². The number of rotatable bonds is 8. The molecule has 0 aliphatic carbocycles. The molecule has 0 saturated carbocycles. The van der Waals surface area contributed by atoms with Crippen LogP contribution in [0.3, 0.4) is 0 Å². The normalized spacial score (nSPS) is 11.0. The molecule has 0 fully saturated rings. The highest BCUT2D eigenvalue weighted by Gasteiger charge is 2.27. The molecule has 0 spiro atoms. The van der Waals surface area contributed by atoms with E-state index in [1.165, 1.54) is 44.6 Å². The second-order valence-electron chi connectivity index (χ2n) is 6.54. The van der Waals surface area contributed by atoms with Gasteiger partial charge in [-0.05, 0) is 30.3 Å². The molecule has 0 atom stereocenters. The van der Waals surface area contributed by atoms with Gasteiger partial charge < -0.3 is 14.8 Å². The monoisotopic (exact) mass is 494 g/mol. The number of sulfonamides is 1. The van der Waals surface area contributed by atoms with Crippen molar-refractivity contribution in [1.29, 1.82) is 0 Å². The molecule has 168 valence electrons. The van der Waals surface area contributed by atoms with Crippen LogP contribution in [0.4, 0.5) is 11.4 Å². The lowest BCUT2D eigenvalue weighted by molar-refractivity contribution is -0.114. The molecular formula is C22H20Cl2N2O5S. The number of hydrogen-bond acceptors (Lipinski definition) is 5. The zero-order valence-electron chi connectivity index (χ0n) is 17.2. The molecule has 0 heterocycles. The zero-order valence-corrected chi connectivity index (χ0v) is 19.5.